The molecule has 2 heterocycles. The predicted octanol–water partition coefficient (Wildman–Crippen LogP) is 3.92. The van der Waals surface area contributed by atoms with E-state index in [0.717, 1.165) is 44.1 Å². The molecule has 1 aliphatic rings. The molecule has 1 aliphatic heterocycles. The molecule has 0 spiro atoms. The molecule has 0 saturated carbocycles. The number of aromatic nitrogens is 2. The average molecular weight is 417 g/mol. The predicted molar refractivity (Wildman–Crippen MR) is 125 cm³/mol. The van der Waals surface area contributed by atoms with Gasteiger partial charge in [-0.05, 0) is 61.5 Å². The van der Waals surface area contributed by atoms with Crippen molar-refractivity contribution >= 4 is 28.8 Å². The van der Waals surface area contributed by atoms with E-state index >= 15 is 0 Å². The quantitative estimate of drug-likeness (QED) is 0.634. The zero-order valence-corrected chi connectivity index (χ0v) is 18.0. The summed E-state index contributed by atoms with van der Waals surface area (Å²) in [5.41, 5.74) is 4.45. The Morgan fingerprint density at radius 3 is 2.35 bits per heavy atom. The van der Waals surface area contributed by atoms with E-state index in [0.29, 0.717) is 5.82 Å². The van der Waals surface area contributed by atoms with Gasteiger partial charge in [0.2, 0.25) is 0 Å². The highest BCUT2D eigenvalue weighted by atomic mass is 16.1. The molecule has 31 heavy (non-hydrogen) atoms. The van der Waals surface area contributed by atoms with Crippen LogP contribution in [0.1, 0.15) is 23.0 Å². The number of hydrogen-bond donors (Lipinski definition) is 2. The summed E-state index contributed by atoms with van der Waals surface area (Å²) in [5, 5.41) is 14.3. The molecule has 0 bridgehead atoms. The maximum Gasteiger partial charge on any atom is 0.276 e. The van der Waals surface area contributed by atoms with Crippen molar-refractivity contribution in [2.45, 2.75) is 13.8 Å². The number of piperazine rings is 1. The Hall–Kier alpha value is -3.45. The fourth-order valence-corrected chi connectivity index (χ4v) is 3.78. The van der Waals surface area contributed by atoms with Crippen molar-refractivity contribution < 1.29 is 4.79 Å². The van der Waals surface area contributed by atoms with Gasteiger partial charge < -0.3 is 20.4 Å². The SMILES string of the molecule is CCN1CCN(c2ccc(Nc3ccc(C(=O)Nc4ccccc4)nn3)cc2C)CC1. The van der Waals surface area contributed by atoms with Crippen LogP contribution in [0.25, 0.3) is 0 Å². The Balaban J connectivity index is 1.38. The van der Waals surface area contributed by atoms with Crippen molar-refractivity contribution in [3.63, 3.8) is 0 Å². The van der Waals surface area contributed by atoms with Crippen molar-refractivity contribution in [3.8, 4) is 0 Å². The van der Waals surface area contributed by atoms with Gasteiger partial charge in [-0.15, -0.1) is 10.2 Å². The van der Waals surface area contributed by atoms with Crippen LogP contribution in [0.4, 0.5) is 22.9 Å². The number of hydrogen-bond acceptors (Lipinski definition) is 6. The monoisotopic (exact) mass is 416 g/mol. The lowest BCUT2D eigenvalue weighted by molar-refractivity contribution is 0.102. The summed E-state index contributed by atoms with van der Waals surface area (Å²) >= 11 is 0. The second-order valence-corrected chi connectivity index (χ2v) is 7.67. The van der Waals surface area contributed by atoms with Crippen molar-refractivity contribution in [2.24, 2.45) is 0 Å². The van der Waals surface area contributed by atoms with Crippen molar-refractivity contribution in [2.75, 3.05) is 48.3 Å². The average Bonchev–Trinajstić information content (AvgIpc) is 2.80. The van der Waals surface area contributed by atoms with Crippen LogP contribution in [0.2, 0.25) is 0 Å². The Kier molecular flexibility index (Phi) is 6.43. The molecule has 0 radical (unpaired) electrons. The first-order valence-corrected chi connectivity index (χ1v) is 10.7. The maximum absolute atomic E-state index is 12.3. The third-order valence-corrected chi connectivity index (χ3v) is 5.56. The topological polar surface area (TPSA) is 73.4 Å². The van der Waals surface area contributed by atoms with Gasteiger partial charge in [0.25, 0.3) is 5.91 Å². The van der Waals surface area contributed by atoms with Crippen LogP contribution >= 0.6 is 0 Å². The van der Waals surface area contributed by atoms with Gasteiger partial charge in [0.1, 0.15) is 0 Å². The maximum atomic E-state index is 12.3. The molecule has 1 amide bonds. The number of nitrogens with zero attached hydrogens (tertiary/aromatic N) is 4. The van der Waals surface area contributed by atoms with Crippen molar-refractivity contribution in [1.82, 2.24) is 15.1 Å². The molecule has 1 fully saturated rings. The molecule has 0 atom stereocenters. The van der Waals surface area contributed by atoms with E-state index in [1.165, 1.54) is 11.3 Å². The van der Waals surface area contributed by atoms with Gasteiger partial charge in [-0.1, -0.05) is 25.1 Å². The van der Waals surface area contributed by atoms with Gasteiger partial charge in [-0.25, -0.2) is 0 Å². The minimum absolute atomic E-state index is 0.271. The summed E-state index contributed by atoms with van der Waals surface area (Å²) in [6.45, 7) is 9.79. The Morgan fingerprint density at radius 2 is 1.71 bits per heavy atom. The normalized spacial score (nSPS) is 14.3. The third-order valence-electron chi connectivity index (χ3n) is 5.56. The second kappa shape index (κ2) is 9.57. The van der Waals surface area contributed by atoms with Gasteiger partial charge in [0, 0.05) is 43.2 Å². The van der Waals surface area contributed by atoms with E-state index in [-0.39, 0.29) is 11.6 Å². The number of likely N-dealkylation sites (N-methyl/N-ethyl adjacent to an activating group) is 1. The molecular formula is C24H28N6O. The van der Waals surface area contributed by atoms with Gasteiger partial charge >= 0.3 is 0 Å². The highest BCUT2D eigenvalue weighted by molar-refractivity contribution is 6.02. The third kappa shape index (κ3) is 5.19. The first-order chi connectivity index (χ1) is 15.1. The van der Waals surface area contributed by atoms with E-state index in [1.807, 2.05) is 30.3 Å². The van der Waals surface area contributed by atoms with Crippen LogP contribution < -0.4 is 15.5 Å². The van der Waals surface area contributed by atoms with E-state index in [2.05, 4.69) is 62.7 Å². The van der Waals surface area contributed by atoms with Crippen LogP contribution in [0.3, 0.4) is 0 Å². The summed E-state index contributed by atoms with van der Waals surface area (Å²) in [6, 6.07) is 19.1. The summed E-state index contributed by atoms with van der Waals surface area (Å²) in [5.74, 6) is 0.314. The lowest BCUT2D eigenvalue weighted by Crippen LogP contribution is -2.46. The number of aryl methyl sites for hydroxylation is 1. The van der Waals surface area contributed by atoms with E-state index in [9.17, 15) is 4.79 Å². The molecule has 4 rings (SSSR count). The molecule has 0 aliphatic carbocycles. The number of amides is 1. The number of para-hydroxylation sites is 1. The van der Waals surface area contributed by atoms with Crippen LogP contribution in [-0.2, 0) is 0 Å². The number of carbonyl (C=O) groups excluding carboxylic acids is 1. The number of rotatable bonds is 6. The Morgan fingerprint density at radius 1 is 0.935 bits per heavy atom. The van der Waals surface area contributed by atoms with Gasteiger partial charge in [0.15, 0.2) is 11.5 Å². The van der Waals surface area contributed by atoms with Crippen LogP contribution in [0, 0.1) is 6.92 Å². The highest BCUT2D eigenvalue weighted by Crippen LogP contribution is 2.26. The summed E-state index contributed by atoms with van der Waals surface area (Å²) < 4.78 is 0. The first-order valence-electron chi connectivity index (χ1n) is 10.7. The summed E-state index contributed by atoms with van der Waals surface area (Å²) in [4.78, 5) is 17.2. The Labute approximate surface area is 183 Å². The van der Waals surface area contributed by atoms with E-state index in [4.69, 9.17) is 0 Å². The van der Waals surface area contributed by atoms with Crippen LogP contribution in [-0.4, -0.2) is 53.7 Å². The molecule has 7 heteroatoms. The molecule has 2 aromatic carbocycles. The molecule has 160 valence electrons. The smallest absolute Gasteiger partial charge is 0.276 e. The second-order valence-electron chi connectivity index (χ2n) is 7.67. The fraction of sp³-hybridized carbons (Fsp3) is 0.292. The number of anilines is 4. The summed E-state index contributed by atoms with van der Waals surface area (Å²) in [6.07, 6.45) is 0. The summed E-state index contributed by atoms with van der Waals surface area (Å²) in [7, 11) is 0. The van der Waals surface area contributed by atoms with Gasteiger partial charge in [-0.2, -0.15) is 0 Å². The molecule has 2 N–H and O–H groups in total. The number of nitrogens with one attached hydrogen (secondary N) is 2. The first kappa shape index (κ1) is 20.8. The molecule has 3 aromatic rings. The fourth-order valence-electron chi connectivity index (χ4n) is 3.78. The van der Waals surface area contributed by atoms with Crippen molar-refractivity contribution in [3.05, 3.63) is 71.9 Å². The standard InChI is InChI=1S/C24H28N6O/c1-3-29-13-15-30(16-14-29)22-11-9-20(17-18(22)2)25-23-12-10-21(27-28-23)24(31)26-19-7-5-4-6-8-19/h4-12,17H,3,13-16H2,1-2H3,(H,25,28)(H,26,31). The highest BCUT2D eigenvalue weighted by Gasteiger charge is 2.17. The lowest BCUT2D eigenvalue weighted by Gasteiger charge is -2.36. The van der Waals surface area contributed by atoms with Crippen LogP contribution in [0.5, 0.6) is 0 Å². The molecular weight excluding hydrogens is 388 g/mol. The molecule has 0 unspecified atom stereocenters. The van der Waals surface area contributed by atoms with E-state index in [1.54, 1.807) is 12.1 Å². The zero-order valence-electron chi connectivity index (χ0n) is 18.0. The van der Waals surface area contributed by atoms with Gasteiger partial charge in [-0.3, -0.25) is 4.79 Å². The van der Waals surface area contributed by atoms with Crippen LogP contribution in [0.15, 0.2) is 60.7 Å². The Bertz CT molecular complexity index is 1010. The lowest BCUT2D eigenvalue weighted by atomic mass is 10.1. The van der Waals surface area contributed by atoms with Crippen molar-refractivity contribution in [1.29, 1.82) is 0 Å². The largest absolute Gasteiger partial charge is 0.369 e. The zero-order chi connectivity index (χ0) is 21.6. The number of benzene rings is 2. The minimum Gasteiger partial charge on any atom is -0.369 e. The molecule has 7 nitrogen and oxygen atoms in total. The molecule has 1 saturated heterocycles. The van der Waals surface area contributed by atoms with E-state index < -0.39 is 0 Å². The molecule has 1 aromatic heterocycles. The number of carbonyl (C=O) groups is 1. The van der Waals surface area contributed by atoms with Gasteiger partial charge in [0.05, 0.1) is 0 Å². The minimum atomic E-state index is -0.284.